The van der Waals surface area contributed by atoms with Crippen LogP contribution in [0, 0.1) is 0 Å². The monoisotopic (exact) mass is 271 g/mol. The molecule has 3 N–H and O–H groups in total. The molecule has 0 aromatic heterocycles. The van der Waals surface area contributed by atoms with Crippen LogP contribution < -0.4 is 11.2 Å². The molecule has 0 aromatic carbocycles. The van der Waals surface area contributed by atoms with Crippen molar-refractivity contribution in [2.75, 3.05) is 14.2 Å². The molecule has 8 heteroatoms. The van der Waals surface area contributed by atoms with E-state index in [4.69, 9.17) is 10.5 Å². The van der Waals surface area contributed by atoms with Crippen LogP contribution in [0.3, 0.4) is 0 Å². The molecule has 0 atom stereocenters. The Bertz CT molecular complexity index is 428. The molecule has 2 saturated carbocycles. The van der Waals surface area contributed by atoms with Gasteiger partial charge in [-0.05, 0) is 25.7 Å². The Morgan fingerprint density at radius 1 is 1.21 bits per heavy atom. The van der Waals surface area contributed by atoms with Gasteiger partial charge in [-0.15, -0.1) is 0 Å². The van der Waals surface area contributed by atoms with Crippen molar-refractivity contribution < 1.29 is 24.0 Å². The minimum Gasteiger partial charge on any atom is -0.368 e. The summed E-state index contributed by atoms with van der Waals surface area (Å²) in [5.41, 5.74) is 5.43. The van der Waals surface area contributed by atoms with Gasteiger partial charge in [-0.2, -0.15) is 5.48 Å². The average molecular weight is 271 g/mol. The van der Waals surface area contributed by atoms with E-state index in [1.807, 2.05) is 5.48 Å². The second-order valence-electron chi connectivity index (χ2n) is 4.95. The van der Waals surface area contributed by atoms with Gasteiger partial charge in [0.1, 0.15) is 11.1 Å². The lowest BCUT2D eigenvalue weighted by Gasteiger charge is -2.24. The molecule has 0 spiro atoms. The van der Waals surface area contributed by atoms with Crippen molar-refractivity contribution >= 4 is 17.9 Å². The molecule has 0 aliphatic heterocycles. The Kier molecular flexibility index (Phi) is 3.13. The van der Waals surface area contributed by atoms with Crippen LogP contribution in [0.5, 0.6) is 0 Å². The number of nitrogens with two attached hydrogens (primary N) is 1. The summed E-state index contributed by atoms with van der Waals surface area (Å²) in [5.74, 6) is -1.07. The number of nitrogens with one attached hydrogen (secondary N) is 1. The van der Waals surface area contributed by atoms with Crippen LogP contribution in [0.15, 0.2) is 0 Å². The molecule has 19 heavy (non-hydrogen) atoms. The van der Waals surface area contributed by atoms with E-state index in [9.17, 15) is 14.4 Å². The van der Waals surface area contributed by atoms with Crippen molar-refractivity contribution in [1.82, 2.24) is 10.4 Å². The maximum atomic E-state index is 11.7. The Labute approximate surface area is 110 Å². The van der Waals surface area contributed by atoms with Gasteiger partial charge >= 0.3 is 6.09 Å². The summed E-state index contributed by atoms with van der Waals surface area (Å²) in [6.07, 6.45) is 1.37. The molecule has 0 radical (unpaired) electrons. The maximum absolute atomic E-state index is 11.7. The fourth-order valence-corrected chi connectivity index (χ4v) is 1.93. The minimum absolute atomic E-state index is 0.499. The van der Waals surface area contributed by atoms with E-state index in [1.54, 1.807) is 0 Å². The first kappa shape index (κ1) is 13.6. The van der Waals surface area contributed by atoms with Crippen molar-refractivity contribution in [3.8, 4) is 0 Å². The molecule has 2 aliphatic carbocycles. The lowest BCUT2D eigenvalue weighted by Crippen LogP contribution is -2.50. The molecule has 106 valence electrons. The molecule has 3 amide bonds. The Balaban J connectivity index is 1.85. The highest BCUT2D eigenvalue weighted by Gasteiger charge is 2.55. The Hall–Kier alpha value is -1.83. The zero-order valence-corrected chi connectivity index (χ0v) is 10.9. The molecule has 0 saturated heterocycles. The molecule has 2 rings (SSSR count). The Morgan fingerprint density at radius 2 is 1.79 bits per heavy atom. The molecule has 2 aliphatic rings. The summed E-state index contributed by atoms with van der Waals surface area (Å²) in [6, 6.07) is 0. The molecule has 0 bridgehead atoms. The van der Waals surface area contributed by atoms with Crippen molar-refractivity contribution in [2.24, 2.45) is 5.73 Å². The Morgan fingerprint density at radius 3 is 2.16 bits per heavy atom. The second-order valence-corrected chi connectivity index (χ2v) is 4.95. The minimum atomic E-state index is -0.972. The standard InChI is InChI=1S/C11H17N3O5/c1-14(10(3-4-10)7(12)15)9(17)19-13-8(16)11(18-2)5-6-11/h3-6H2,1-2H3,(H2,12,15)(H,13,16). The number of nitrogens with zero attached hydrogens (tertiary/aromatic N) is 1. The third-order valence-electron chi connectivity index (χ3n) is 3.84. The average Bonchev–Trinajstić information content (AvgIpc) is 3.28. The summed E-state index contributed by atoms with van der Waals surface area (Å²) in [7, 11) is 2.84. The highest BCUT2D eigenvalue weighted by molar-refractivity contribution is 5.92. The number of amides is 3. The summed E-state index contributed by atoms with van der Waals surface area (Å²) in [4.78, 5) is 40.4. The lowest BCUT2D eigenvalue weighted by atomic mass is 10.2. The number of rotatable bonds is 4. The smallest absolute Gasteiger partial charge is 0.368 e. The number of hydroxylamine groups is 1. The van der Waals surface area contributed by atoms with Gasteiger partial charge in [0.25, 0.3) is 5.91 Å². The first-order valence-electron chi connectivity index (χ1n) is 5.98. The molecule has 8 nitrogen and oxygen atoms in total. The van der Waals surface area contributed by atoms with Gasteiger partial charge in [0.2, 0.25) is 5.91 Å². The van der Waals surface area contributed by atoms with E-state index >= 15 is 0 Å². The van der Waals surface area contributed by atoms with E-state index in [1.165, 1.54) is 14.2 Å². The summed E-state index contributed by atoms with van der Waals surface area (Å²) in [6.45, 7) is 0. The van der Waals surface area contributed by atoms with E-state index in [2.05, 4.69) is 4.84 Å². The van der Waals surface area contributed by atoms with Crippen LogP contribution >= 0.6 is 0 Å². The SMILES string of the molecule is COC1(C(=O)NOC(=O)N(C)C2(C(N)=O)CC2)CC1. The number of carbonyl (C=O) groups excluding carboxylic acids is 3. The van der Waals surface area contributed by atoms with Crippen LogP contribution in [0.1, 0.15) is 25.7 Å². The summed E-state index contributed by atoms with van der Waals surface area (Å²) in [5, 5.41) is 0. The largest absolute Gasteiger partial charge is 0.434 e. The van der Waals surface area contributed by atoms with Crippen molar-refractivity contribution in [3.05, 3.63) is 0 Å². The fraction of sp³-hybridized carbons (Fsp3) is 0.727. The van der Waals surface area contributed by atoms with Crippen molar-refractivity contribution in [2.45, 2.75) is 36.8 Å². The number of primary amides is 1. The van der Waals surface area contributed by atoms with E-state index in [-0.39, 0.29) is 0 Å². The highest BCUT2D eigenvalue weighted by Crippen LogP contribution is 2.41. The molecule has 0 aromatic rings. The quantitative estimate of drug-likeness (QED) is 0.656. The zero-order chi connectivity index (χ0) is 14.3. The molecule has 0 heterocycles. The molecule has 2 fully saturated rings. The summed E-state index contributed by atoms with van der Waals surface area (Å²) >= 11 is 0. The van der Waals surface area contributed by atoms with Gasteiger partial charge < -0.3 is 15.3 Å². The van der Waals surface area contributed by atoms with Crippen LogP contribution in [0.2, 0.25) is 0 Å². The van der Waals surface area contributed by atoms with E-state index < -0.39 is 29.0 Å². The van der Waals surface area contributed by atoms with Gasteiger partial charge in [0, 0.05) is 14.2 Å². The third kappa shape index (κ3) is 2.23. The van der Waals surface area contributed by atoms with Gasteiger partial charge in [0.15, 0.2) is 0 Å². The maximum Gasteiger partial charge on any atom is 0.434 e. The van der Waals surface area contributed by atoms with Crippen LogP contribution in [-0.2, 0) is 19.2 Å². The fourth-order valence-electron chi connectivity index (χ4n) is 1.93. The van der Waals surface area contributed by atoms with Gasteiger partial charge in [-0.1, -0.05) is 0 Å². The number of hydrogen-bond donors (Lipinski definition) is 2. The second kappa shape index (κ2) is 4.37. The zero-order valence-electron chi connectivity index (χ0n) is 10.9. The number of carbonyl (C=O) groups is 3. The predicted molar refractivity (Wildman–Crippen MR) is 62.5 cm³/mol. The predicted octanol–water partition coefficient (Wildman–Crippen LogP) is -0.717. The topological polar surface area (TPSA) is 111 Å². The van der Waals surface area contributed by atoms with E-state index in [0.717, 1.165) is 4.90 Å². The first-order chi connectivity index (χ1) is 8.88. The van der Waals surface area contributed by atoms with Crippen LogP contribution in [-0.4, -0.2) is 48.1 Å². The van der Waals surface area contributed by atoms with Gasteiger partial charge in [0.05, 0.1) is 0 Å². The number of hydrogen-bond acceptors (Lipinski definition) is 5. The normalized spacial score (nSPS) is 21.2. The number of likely N-dealkylation sites (N-methyl/N-ethyl adjacent to an activating group) is 1. The lowest BCUT2D eigenvalue weighted by molar-refractivity contribution is -0.143. The first-order valence-corrected chi connectivity index (χ1v) is 5.98. The summed E-state index contributed by atoms with van der Waals surface area (Å²) < 4.78 is 5.03. The van der Waals surface area contributed by atoms with Crippen molar-refractivity contribution in [3.63, 3.8) is 0 Å². The molecular weight excluding hydrogens is 254 g/mol. The number of methoxy groups -OCH3 is 1. The number of ether oxygens (including phenoxy) is 1. The molecular formula is C11H17N3O5. The van der Waals surface area contributed by atoms with Gasteiger partial charge in [-0.3, -0.25) is 14.5 Å². The third-order valence-corrected chi connectivity index (χ3v) is 3.84. The van der Waals surface area contributed by atoms with Crippen LogP contribution in [0.4, 0.5) is 4.79 Å². The highest BCUT2D eigenvalue weighted by atomic mass is 16.7. The van der Waals surface area contributed by atoms with Crippen molar-refractivity contribution in [1.29, 1.82) is 0 Å². The molecule has 0 unspecified atom stereocenters. The van der Waals surface area contributed by atoms with Gasteiger partial charge in [-0.25, -0.2) is 4.79 Å². The van der Waals surface area contributed by atoms with Crippen LogP contribution in [0.25, 0.3) is 0 Å². The van der Waals surface area contributed by atoms with E-state index in [0.29, 0.717) is 25.7 Å².